The second kappa shape index (κ2) is 8.32. The molecule has 0 radical (unpaired) electrons. The van der Waals surface area contributed by atoms with Crippen LogP contribution in [0.2, 0.25) is 5.02 Å². The molecule has 2 aliphatic heterocycles. The molecule has 0 aromatic heterocycles. The largest absolute Gasteiger partial charge is 0.480 e. The first-order chi connectivity index (χ1) is 14.8. The molecule has 1 spiro atoms. The van der Waals surface area contributed by atoms with E-state index in [1.54, 1.807) is 41.3 Å². The van der Waals surface area contributed by atoms with Gasteiger partial charge in [0.05, 0.1) is 6.61 Å². The van der Waals surface area contributed by atoms with Crippen molar-refractivity contribution >= 4 is 29.4 Å². The highest BCUT2D eigenvalue weighted by Crippen LogP contribution is 2.39. The Hall–Kier alpha value is -2.90. The first-order valence-electron chi connectivity index (χ1n) is 10.1. The molecule has 2 aliphatic rings. The van der Waals surface area contributed by atoms with Gasteiger partial charge >= 0.3 is 5.97 Å². The lowest BCUT2D eigenvalue weighted by Crippen LogP contribution is -2.58. The number of nitrogens with zero attached hydrogens (tertiary/aromatic N) is 2. The summed E-state index contributed by atoms with van der Waals surface area (Å²) in [6.45, 7) is 2.45. The number of carboxylic acids is 1. The maximum absolute atomic E-state index is 13.4. The molecule has 8 heteroatoms. The number of hydrogen-bond donors (Lipinski definition) is 1. The normalized spacial score (nSPS) is 20.1. The molecule has 1 unspecified atom stereocenters. The molecule has 31 heavy (non-hydrogen) atoms. The summed E-state index contributed by atoms with van der Waals surface area (Å²) in [5, 5.41) is 10.3. The van der Waals surface area contributed by atoms with E-state index in [-0.39, 0.29) is 18.4 Å². The Labute approximate surface area is 185 Å². The first-order valence-corrected chi connectivity index (χ1v) is 10.5. The van der Waals surface area contributed by atoms with E-state index in [1.165, 1.54) is 4.90 Å². The number of hydrogen-bond acceptors (Lipinski definition) is 4. The summed E-state index contributed by atoms with van der Waals surface area (Å²) >= 11 is 5.90. The van der Waals surface area contributed by atoms with E-state index in [0.717, 1.165) is 5.56 Å². The summed E-state index contributed by atoms with van der Waals surface area (Å²) in [6, 6.07) is 12.7. The second-order valence-electron chi connectivity index (χ2n) is 7.90. The van der Waals surface area contributed by atoms with Gasteiger partial charge in [0.25, 0.3) is 11.8 Å². The quantitative estimate of drug-likeness (QED) is 0.788. The van der Waals surface area contributed by atoms with Gasteiger partial charge in [-0.2, -0.15) is 0 Å². The molecular weight excluding hydrogens is 420 g/mol. The van der Waals surface area contributed by atoms with Gasteiger partial charge in [0.15, 0.2) is 6.04 Å². The van der Waals surface area contributed by atoms with Crippen LogP contribution in [0.5, 0.6) is 0 Å². The molecule has 7 nitrogen and oxygen atoms in total. The van der Waals surface area contributed by atoms with E-state index in [2.05, 4.69) is 0 Å². The molecule has 0 aliphatic carbocycles. The van der Waals surface area contributed by atoms with E-state index in [0.29, 0.717) is 42.1 Å². The van der Waals surface area contributed by atoms with Crippen LogP contribution in [0, 0.1) is 6.92 Å². The van der Waals surface area contributed by atoms with Gasteiger partial charge in [-0.3, -0.25) is 14.5 Å². The molecule has 0 bridgehead atoms. The summed E-state index contributed by atoms with van der Waals surface area (Å²) < 4.78 is 5.97. The number of rotatable bonds is 3. The monoisotopic (exact) mass is 442 g/mol. The topological polar surface area (TPSA) is 87.2 Å². The van der Waals surface area contributed by atoms with Crippen LogP contribution in [-0.2, 0) is 9.53 Å². The molecule has 2 amide bonds. The van der Waals surface area contributed by atoms with Crippen molar-refractivity contribution in [3.63, 3.8) is 0 Å². The maximum Gasteiger partial charge on any atom is 0.328 e. The number of benzene rings is 2. The molecule has 2 heterocycles. The average molecular weight is 443 g/mol. The number of carbonyl (C=O) groups excluding carboxylic acids is 2. The van der Waals surface area contributed by atoms with Crippen molar-refractivity contribution in [2.24, 2.45) is 0 Å². The minimum atomic E-state index is -1.10. The lowest BCUT2D eigenvalue weighted by Gasteiger charge is -2.44. The Morgan fingerprint density at radius 1 is 1.03 bits per heavy atom. The van der Waals surface area contributed by atoms with Gasteiger partial charge < -0.3 is 14.7 Å². The Morgan fingerprint density at radius 2 is 1.68 bits per heavy atom. The van der Waals surface area contributed by atoms with Crippen molar-refractivity contribution in [3.05, 3.63) is 70.2 Å². The number of aryl methyl sites for hydroxylation is 1. The summed E-state index contributed by atoms with van der Waals surface area (Å²) in [6.07, 6.45) is 0.682. The van der Waals surface area contributed by atoms with Crippen LogP contribution in [0.15, 0.2) is 48.5 Å². The van der Waals surface area contributed by atoms with Crippen LogP contribution in [-0.4, -0.2) is 64.2 Å². The zero-order valence-electron chi connectivity index (χ0n) is 17.1. The Morgan fingerprint density at radius 3 is 2.29 bits per heavy atom. The number of carbonyl (C=O) groups is 3. The molecule has 2 saturated heterocycles. The predicted octanol–water partition coefficient (Wildman–Crippen LogP) is 3.21. The fourth-order valence-electron chi connectivity index (χ4n) is 4.33. The third-order valence-electron chi connectivity index (χ3n) is 6.06. The number of likely N-dealkylation sites (tertiary alicyclic amines) is 1. The number of ether oxygens (including phenoxy) is 1. The van der Waals surface area contributed by atoms with Crippen molar-refractivity contribution in [1.82, 2.24) is 9.80 Å². The fourth-order valence-corrected chi connectivity index (χ4v) is 4.46. The first kappa shape index (κ1) is 21.3. The third kappa shape index (κ3) is 3.91. The average Bonchev–Trinajstić information content (AvgIpc) is 3.13. The second-order valence-corrected chi connectivity index (χ2v) is 8.34. The molecular formula is C23H23ClN2O5. The van der Waals surface area contributed by atoms with E-state index >= 15 is 0 Å². The van der Waals surface area contributed by atoms with Crippen LogP contribution >= 0.6 is 11.6 Å². The van der Waals surface area contributed by atoms with Gasteiger partial charge in [0.1, 0.15) is 5.72 Å². The lowest BCUT2D eigenvalue weighted by atomic mass is 9.95. The van der Waals surface area contributed by atoms with E-state index in [9.17, 15) is 19.5 Å². The standard InChI is InChI=1S/C23H23ClN2O5/c1-15-4-2-3-5-18(15)21(28)26-19(22(29)30)14-31-23(26)10-12-25(13-11-23)20(27)16-6-8-17(24)9-7-16/h2-9,19H,10-14H2,1H3,(H,29,30). The number of carboxylic acid groups (broad SMARTS) is 1. The molecule has 4 rings (SSSR count). The van der Waals surface area contributed by atoms with Gasteiger partial charge in [-0.25, -0.2) is 4.79 Å². The van der Waals surface area contributed by atoms with Gasteiger partial charge in [-0.1, -0.05) is 29.8 Å². The molecule has 2 fully saturated rings. The zero-order chi connectivity index (χ0) is 22.2. The smallest absolute Gasteiger partial charge is 0.328 e. The van der Waals surface area contributed by atoms with Crippen molar-refractivity contribution in [3.8, 4) is 0 Å². The van der Waals surface area contributed by atoms with Crippen LogP contribution in [0.1, 0.15) is 39.1 Å². The highest BCUT2D eigenvalue weighted by atomic mass is 35.5. The van der Waals surface area contributed by atoms with E-state index < -0.39 is 17.7 Å². The number of piperidine rings is 1. The van der Waals surface area contributed by atoms with Gasteiger partial charge in [-0.15, -0.1) is 0 Å². The SMILES string of the molecule is Cc1ccccc1C(=O)N1C(C(=O)O)COC12CCN(C(=O)c1ccc(Cl)cc1)CC2. The molecule has 2 aromatic carbocycles. The van der Waals surface area contributed by atoms with E-state index in [1.807, 2.05) is 19.1 Å². The van der Waals surface area contributed by atoms with Crippen molar-refractivity contribution in [2.45, 2.75) is 31.5 Å². The van der Waals surface area contributed by atoms with E-state index in [4.69, 9.17) is 16.3 Å². The summed E-state index contributed by atoms with van der Waals surface area (Å²) in [4.78, 5) is 41.2. The van der Waals surface area contributed by atoms with Crippen LogP contribution in [0.25, 0.3) is 0 Å². The number of amides is 2. The fraction of sp³-hybridized carbons (Fsp3) is 0.348. The van der Waals surface area contributed by atoms with Crippen LogP contribution in [0.3, 0.4) is 0 Å². The van der Waals surface area contributed by atoms with Crippen molar-refractivity contribution < 1.29 is 24.2 Å². The summed E-state index contributed by atoms with van der Waals surface area (Å²) in [5.74, 6) is -1.59. The number of aliphatic carboxylic acids is 1. The third-order valence-corrected chi connectivity index (χ3v) is 6.32. The summed E-state index contributed by atoms with van der Waals surface area (Å²) in [5.41, 5.74) is 0.718. The van der Waals surface area contributed by atoms with Gasteiger partial charge in [0.2, 0.25) is 0 Å². The van der Waals surface area contributed by atoms with Crippen molar-refractivity contribution in [2.75, 3.05) is 19.7 Å². The Kier molecular flexibility index (Phi) is 5.73. The molecule has 0 saturated carbocycles. The molecule has 1 atom stereocenters. The maximum atomic E-state index is 13.4. The molecule has 1 N–H and O–H groups in total. The predicted molar refractivity (Wildman–Crippen MR) is 114 cm³/mol. The Bertz CT molecular complexity index is 1010. The minimum Gasteiger partial charge on any atom is -0.480 e. The highest BCUT2D eigenvalue weighted by Gasteiger charge is 2.54. The van der Waals surface area contributed by atoms with Crippen LogP contribution < -0.4 is 0 Å². The van der Waals surface area contributed by atoms with Crippen LogP contribution in [0.4, 0.5) is 0 Å². The lowest BCUT2D eigenvalue weighted by molar-refractivity contribution is -0.143. The van der Waals surface area contributed by atoms with Crippen molar-refractivity contribution in [1.29, 1.82) is 0 Å². The Balaban J connectivity index is 1.57. The number of halogens is 1. The highest BCUT2D eigenvalue weighted by molar-refractivity contribution is 6.30. The van der Waals surface area contributed by atoms with Gasteiger partial charge in [-0.05, 0) is 42.8 Å². The summed E-state index contributed by atoms with van der Waals surface area (Å²) in [7, 11) is 0. The zero-order valence-corrected chi connectivity index (χ0v) is 17.8. The molecule has 162 valence electrons. The van der Waals surface area contributed by atoms with Gasteiger partial charge in [0, 0.05) is 42.1 Å². The minimum absolute atomic E-state index is 0.0713. The molecule has 2 aromatic rings.